The SMILES string of the molecule is CCONc1nc(Nc2ccccc2)nc(Nc2ccc(F)cc2)n1.Cl. The molecule has 3 rings (SSSR count). The van der Waals surface area contributed by atoms with Gasteiger partial charge in [0, 0.05) is 11.4 Å². The second-order valence-electron chi connectivity index (χ2n) is 4.96. The zero-order valence-corrected chi connectivity index (χ0v) is 14.8. The second kappa shape index (κ2) is 9.50. The number of anilines is 5. The Kier molecular flexibility index (Phi) is 7.07. The quantitative estimate of drug-likeness (QED) is 0.530. The van der Waals surface area contributed by atoms with Crippen LogP contribution in [0.4, 0.5) is 33.6 Å². The average Bonchev–Trinajstić information content (AvgIpc) is 2.63. The molecular formula is C17H18ClFN6O. The van der Waals surface area contributed by atoms with Crippen LogP contribution in [-0.4, -0.2) is 21.6 Å². The van der Waals surface area contributed by atoms with Crippen molar-refractivity contribution >= 4 is 41.6 Å². The summed E-state index contributed by atoms with van der Waals surface area (Å²) < 4.78 is 13.0. The van der Waals surface area contributed by atoms with Crippen LogP contribution in [0.25, 0.3) is 0 Å². The van der Waals surface area contributed by atoms with Crippen molar-refractivity contribution in [2.45, 2.75) is 6.92 Å². The van der Waals surface area contributed by atoms with Crippen LogP contribution in [-0.2, 0) is 4.84 Å². The van der Waals surface area contributed by atoms with Gasteiger partial charge in [-0.3, -0.25) is 4.84 Å². The van der Waals surface area contributed by atoms with Gasteiger partial charge in [0.05, 0.1) is 6.61 Å². The summed E-state index contributed by atoms with van der Waals surface area (Å²) in [5.41, 5.74) is 4.14. The fraction of sp³-hybridized carbons (Fsp3) is 0.118. The van der Waals surface area contributed by atoms with Gasteiger partial charge in [-0.2, -0.15) is 15.0 Å². The third-order valence-corrected chi connectivity index (χ3v) is 3.07. The van der Waals surface area contributed by atoms with Crippen LogP contribution in [0.1, 0.15) is 6.92 Å². The van der Waals surface area contributed by atoms with Gasteiger partial charge in [-0.05, 0) is 43.3 Å². The number of hydrogen-bond acceptors (Lipinski definition) is 7. The Balaban J connectivity index is 0.00000243. The van der Waals surface area contributed by atoms with E-state index >= 15 is 0 Å². The van der Waals surface area contributed by atoms with E-state index in [1.165, 1.54) is 12.1 Å². The molecule has 3 N–H and O–H groups in total. The van der Waals surface area contributed by atoms with E-state index in [2.05, 4.69) is 31.1 Å². The molecule has 0 fully saturated rings. The summed E-state index contributed by atoms with van der Waals surface area (Å²) in [6.45, 7) is 2.29. The van der Waals surface area contributed by atoms with Gasteiger partial charge in [0.15, 0.2) is 0 Å². The number of nitrogens with zero attached hydrogens (tertiary/aromatic N) is 3. The zero-order valence-electron chi connectivity index (χ0n) is 13.9. The number of hydrogen-bond donors (Lipinski definition) is 3. The summed E-state index contributed by atoms with van der Waals surface area (Å²) >= 11 is 0. The first-order valence-electron chi connectivity index (χ1n) is 7.71. The van der Waals surface area contributed by atoms with E-state index in [9.17, 15) is 4.39 Å². The Hall–Kier alpha value is -2.97. The molecule has 26 heavy (non-hydrogen) atoms. The molecule has 136 valence electrons. The van der Waals surface area contributed by atoms with Crippen LogP contribution >= 0.6 is 12.4 Å². The van der Waals surface area contributed by atoms with Crippen molar-refractivity contribution in [2.24, 2.45) is 0 Å². The smallest absolute Gasteiger partial charge is 0.253 e. The van der Waals surface area contributed by atoms with Crippen molar-refractivity contribution in [1.82, 2.24) is 15.0 Å². The lowest BCUT2D eigenvalue weighted by Gasteiger charge is -2.11. The van der Waals surface area contributed by atoms with E-state index in [-0.39, 0.29) is 24.2 Å². The van der Waals surface area contributed by atoms with Crippen LogP contribution in [0.5, 0.6) is 0 Å². The molecule has 1 heterocycles. The predicted octanol–water partition coefficient (Wildman–Crippen LogP) is 4.28. The van der Waals surface area contributed by atoms with Crippen LogP contribution in [0.2, 0.25) is 0 Å². The summed E-state index contributed by atoms with van der Waals surface area (Å²) in [5.74, 6) is 0.571. The lowest BCUT2D eigenvalue weighted by Crippen LogP contribution is -2.10. The number of rotatable bonds is 7. The first-order valence-corrected chi connectivity index (χ1v) is 7.71. The molecule has 2 aromatic carbocycles. The maximum absolute atomic E-state index is 13.0. The molecule has 0 aliphatic rings. The van der Waals surface area contributed by atoms with Gasteiger partial charge in [-0.15, -0.1) is 12.4 Å². The van der Waals surface area contributed by atoms with Gasteiger partial charge >= 0.3 is 0 Å². The summed E-state index contributed by atoms with van der Waals surface area (Å²) in [7, 11) is 0. The van der Waals surface area contributed by atoms with Gasteiger partial charge in [0.1, 0.15) is 5.82 Å². The Morgan fingerprint density at radius 1 is 0.808 bits per heavy atom. The second-order valence-corrected chi connectivity index (χ2v) is 4.96. The Bertz CT molecular complexity index is 819. The Morgan fingerprint density at radius 2 is 1.35 bits per heavy atom. The molecule has 7 nitrogen and oxygen atoms in total. The molecule has 0 amide bonds. The van der Waals surface area contributed by atoms with Crippen molar-refractivity contribution in [2.75, 3.05) is 22.7 Å². The highest BCUT2D eigenvalue weighted by atomic mass is 35.5. The summed E-state index contributed by atoms with van der Waals surface area (Å²) in [6, 6.07) is 15.4. The monoisotopic (exact) mass is 376 g/mol. The normalized spacial score (nSPS) is 9.92. The fourth-order valence-corrected chi connectivity index (χ4v) is 1.98. The summed E-state index contributed by atoms with van der Waals surface area (Å²) in [6.07, 6.45) is 0. The van der Waals surface area contributed by atoms with Crippen molar-refractivity contribution in [3.63, 3.8) is 0 Å². The van der Waals surface area contributed by atoms with Gasteiger partial charge in [-0.25, -0.2) is 9.87 Å². The van der Waals surface area contributed by atoms with Crippen molar-refractivity contribution in [3.8, 4) is 0 Å². The first-order chi connectivity index (χ1) is 12.2. The molecule has 0 bridgehead atoms. The maximum atomic E-state index is 13.0. The van der Waals surface area contributed by atoms with Gasteiger partial charge < -0.3 is 10.6 Å². The van der Waals surface area contributed by atoms with Crippen LogP contribution in [0, 0.1) is 5.82 Å². The molecule has 0 saturated carbocycles. The van der Waals surface area contributed by atoms with Crippen molar-refractivity contribution in [1.29, 1.82) is 0 Å². The zero-order chi connectivity index (χ0) is 17.5. The number of nitrogens with one attached hydrogen (secondary N) is 3. The highest BCUT2D eigenvalue weighted by Crippen LogP contribution is 2.18. The van der Waals surface area contributed by atoms with E-state index in [0.29, 0.717) is 24.2 Å². The molecular weight excluding hydrogens is 359 g/mol. The van der Waals surface area contributed by atoms with E-state index in [1.807, 2.05) is 37.3 Å². The third-order valence-electron chi connectivity index (χ3n) is 3.07. The average molecular weight is 377 g/mol. The molecule has 0 aliphatic heterocycles. The minimum absolute atomic E-state index is 0. The first kappa shape index (κ1) is 19.4. The Labute approximate surface area is 156 Å². The third kappa shape index (κ3) is 5.54. The van der Waals surface area contributed by atoms with Gasteiger partial charge in [0.2, 0.25) is 11.9 Å². The summed E-state index contributed by atoms with van der Waals surface area (Å²) in [5, 5.41) is 6.11. The maximum Gasteiger partial charge on any atom is 0.253 e. The molecule has 1 aromatic heterocycles. The number of para-hydroxylation sites is 1. The summed E-state index contributed by atoms with van der Waals surface area (Å²) in [4.78, 5) is 17.9. The number of aromatic nitrogens is 3. The van der Waals surface area contributed by atoms with Gasteiger partial charge in [-0.1, -0.05) is 18.2 Å². The molecule has 0 saturated heterocycles. The fourth-order valence-electron chi connectivity index (χ4n) is 1.98. The van der Waals surface area contributed by atoms with E-state index in [0.717, 1.165) is 5.69 Å². The minimum atomic E-state index is -0.314. The minimum Gasteiger partial charge on any atom is -0.324 e. The van der Waals surface area contributed by atoms with Crippen LogP contribution in [0.3, 0.4) is 0 Å². The lowest BCUT2D eigenvalue weighted by molar-refractivity contribution is 0.207. The van der Waals surface area contributed by atoms with E-state index < -0.39 is 0 Å². The standard InChI is InChI=1S/C17H17FN6O.ClH/c1-2-25-24-17-22-15(19-13-6-4-3-5-7-13)21-16(23-17)20-14-10-8-12(18)9-11-14;/h3-11H,2H2,1H3,(H3,19,20,21,22,23,24);1H. The number of halogens is 2. The Morgan fingerprint density at radius 3 is 1.92 bits per heavy atom. The predicted molar refractivity (Wildman–Crippen MR) is 102 cm³/mol. The molecule has 0 spiro atoms. The highest BCUT2D eigenvalue weighted by Gasteiger charge is 2.08. The van der Waals surface area contributed by atoms with Crippen molar-refractivity contribution in [3.05, 3.63) is 60.4 Å². The van der Waals surface area contributed by atoms with Crippen LogP contribution < -0.4 is 16.1 Å². The molecule has 0 radical (unpaired) electrons. The van der Waals surface area contributed by atoms with Crippen molar-refractivity contribution < 1.29 is 9.23 Å². The molecule has 0 unspecified atom stereocenters. The topological polar surface area (TPSA) is 84.0 Å². The van der Waals surface area contributed by atoms with Crippen LogP contribution in [0.15, 0.2) is 54.6 Å². The molecule has 3 aromatic rings. The van der Waals surface area contributed by atoms with E-state index in [1.54, 1.807) is 12.1 Å². The molecule has 0 aliphatic carbocycles. The lowest BCUT2D eigenvalue weighted by atomic mass is 10.3. The number of benzene rings is 2. The largest absolute Gasteiger partial charge is 0.324 e. The van der Waals surface area contributed by atoms with Gasteiger partial charge in [0.25, 0.3) is 5.95 Å². The molecule has 0 atom stereocenters. The van der Waals surface area contributed by atoms with E-state index in [4.69, 9.17) is 4.84 Å². The molecule has 9 heteroatoms. The highest BCUT2D eigenvalue weighted by molar-refractivity contribution is 5.85.